The van der Waals surface area contributed by atoms with E-state index in [1.54, 1.807) is 0 Å². The van der Waals surface area contributed by atoms with E-state index in [2.05, 4.69) is 166 Å². The molecule has 0 N–H and O–H groups in total. The van der Waals surface area contributed by atoms with Gasteiger partial charge in [0.25, 0.3) is 0 Å². The predicted octanol–water partition coefficient (Wildman–Crippen LogP) is 12.1. The van der Waals surface area contributed by atoms with Crippen LogP contribution in [0.3, 0.4) is 0 Å². The van der Waals surface area contributed by atoms with Crippen LogP contribution in [-0.2, 0) is 10.8 Å². The number of aromatic nitrogens is 1. The van der Waals surface area contributed by atoms with E-state index >= 15 is 0 Å². The standard InChI is InChI=1S/C49H41N/c1-48(2,3)40-28-36-22-25-43-44(35-19-17-32(18-20-35)38-13-9-27-50-31-38)30-49(4,45-26-23-37(29-40)46(36)47(43)45)39-14-7-11-34(21-24-39)42-16-8-12-33-10-5-6-15-41(33)42/h5-6,8-29,31H,7,30H2,1-4H3. The summed E-state index contributed by atoms with van der Waals surface area (Å²) >= 11 is 0. The molecule has 0 bridgehead atoms. The molecule has 1 atom stereocenters. The molecule has 0 saturated carbocycles. The van der Waals surface area contributed by atoms with E-state index in [9.17, 15) is 0 Å². The minimum Gasteiger partial charge on any atom is -0.264 e. The Morgan fingerprint density at radius 2 is 1.40 bits per heavy atom. The van der Waals surface area contributed by atoms with Crippen LogP contribution in [0.15, 0.2) is 158 Å². The van der Waals surface area contributed by atoms with E-state index in [-0.39, 0.29) is 10.8 Å². The molecule has 1 heteroatoms. The minimum atomic E-state index is -0.214. The topological polar surface area (TPSA) is 12.9 Å². The second kappa shape index (κ2) is 11.5. The maximum atomic E-state index is 4.36. The number of benzene rings is 6. The van der Waals surface area contributed by atoms with E-state index in [4.69, 9.17) is 0 Å². The maximum absolute atomic E-state index is 4.36. The molecule has 6 aromatic carbocycles. The maximum Gasteiger partial charge on any atom is 0.0346 e. The Balaban J connectivity index is 1.22. The third kappa shape index (κ3) is 4.95. The highest BCUT2D eigenvalue weighted by Gasteiger charge is 2.37. The van der Waals surface area contributed by atoms with Crippen LogP contribution in [0, 0.1) is 0 Å². The van der Waals surface area contributed by atoms with Gasteiger partial charge in [-0.15, -0.1) is 0 Å². The molecule has 0 amide bonds. The number of nitrogens with zero attached hydrogens (tertiary/aromatic N) is 1. The van der Waals surface area contributed by atoms with Crippen molar-refractivity contribution in [3.05, 3.63) is 185 Å². The van der Waals surface area contributed by atoms with Crippen LogP contribution in [0.5, 0.6) is 0 Å². The highest BCUT2D eigenvalue weighted by Crippen LogP contribution is 2.48. The van der Waals surface area contributed by atoms with E-state index in [0.717, 1.165) is 18.4 Å². The molecular formula is C49H41N. The highest BCUT2D eigenvalue weighted by atomic mass is 14.6. The van der Waals surface area contributed by atoms with Crippen molar-refractivity contribution in [1.29, 1.82) is 0 Å². The second-order valence-electron chi connectivity index (χ2n) is 15.4. The SMILES string of the molecule is CC(C)(C)c1cc2ccc3c4c(ccc(c1)c24)=C(c1ccc(-c2cccnc2)cc1)CC3(C)C1=CCC=C(c2cccc3ccccc23)C=C1. The van der Waals surface area contributed by atoms with Crippen LogP contribution in [0.1, 0.15) is 62.8 Å². The predicted molar refractivity (Wildman–Crippen MR) is 213 cm³/mol. The molecule has 242 valence electrons. The fourth-order valence-electron chi connectivity index (χ4n) is 8.48. The first-order valence-corrected chi connectivity index (χ1v) is 17.9. The third-order valence-corrected chi connectivity index (χ3v) is 11.2. The third-order valence-electron chi connectivity index (χ3n) is 11.2. The van der Waals surface area contributed by atoms with Crippen molar-refractivity contribution in [3.8, 4) is 11.1 Å². The first kappa shape index (κ1) is 30.5. The van der Waals surface area contributed by atoms with Gasteiger partial charge in [-0.05, 0) is 112 Å². The Kier molecular flexibility index (Phi) is 7.04. The lowest BCUT2D eigenvalue weighted by Gasteiger charge is -2.38. The summed E-state index contributed by atoms with van der Waals surface area (Å²) in [6.45, 7) is 9.42. The van der Waals surface area contributed by atoms with Gasteiger partial charge in [-0.3, -0.25) is 4.98 Å². The lowest BCUT2D eigenvalue weighted by Crippen LogP contribution is -2.32. The minimum absolute atomic E-state index is 0.0744. The number of hydrogen-bond donors (Lipinski definition) is 0. The van der Waals surface area contributed by atoms with Gasteiger partial charge in [0, 0.05) is 17.8 Å². The average molecular weight is 644 g/mol. The average Bonchev–Trinajstić information content (AvgIpc) is 3.41. The van der Waals surface area contributed by atoms with Gasteiger partial charge < -0.3 is 0 Å². The monoisotopic (exact) mass is 643 g/mol. The molecule has 2 aliphatic rings. The van der Waals surface area contributed by atoms with Crippen molar-refractivity contribution in [1.82, 2.24) is 4.98 Å². The zero-order valence-corrected chi connectivity index (χ0v) is 29.3. The smallest absolute Gasteiger partial charge is 0.0346 e. The van der Waals surface area contributed by atoms with Crippen molar-refractivity contribution in [2.75, 3.05) is 0 Å². The van der Waals surface area contributed by atoms with E-state index in [0.29, 0.717) is 0 Å². The molecule has 0 spiro atoms. The molecule has 0 fully saturated rings. The molecule has 0 radical (unpaired) electrons. The molecule has 50 heavy (non-hydrogen) atoms. The summed E-state index contributed by atoms with van der Waals surface area (Å²) in [5, 5.41) is 9.39. The molecule has 1 aromatic heterocycles. The summed E-state index contributed by atoms with van der Waals surface area (Å²) in [6, 6.07) is 43.1. The van der Waals surface area contributed by atoms with Gasteiger partial charge in [-0.25, -0.2) is 0 Å². The Labute approximate surface area is 295 Å². The van der Waals surface area contributed by atoms with Crippen molar-refractivity contribution in [3.63, 3.8) is 0 Å². The lowest BCUT2D eigenvalue weighted by molar-refractivity contribution is 0.584. The van der Waals surface area contributed by atoms with Crippen LogP contribution in [-0.4, -0.2) is 4.98 Å². The highest BCUT2D eigenvalue weighted by molar-refractivity contribution is 6.13. The van der Waals surface area contributed by atoms with Crippen molar-refractivity contribution in [2.24, 2.45) is 0 Å². The molecule has 7 aromatic rings. The molecule has 0 aliphatic heterocycles. The molecule has 1 unspecified atom stereocenters. The first-order valence-electron chi connectivity index (χ1n) is 17.9. The normalized spacial score (nSPS) is 17.6. The van der Waals surface area contributed by atoms with Gasteiger partial charge in [0.15, 0.2) is 0 Å². The number of fused-ring (bicyclic) bond motifs is 1. The van der Waals surface area contributed by atoms with Gasteiger partial charge in [0.1, 0.15) is 0 Å². The lowest BCUT2D eigenvalue weighted by atomic mass is 9.65. The van der Waals surface area contributed by atoms with E-state index < -0.39 is 0 Å². The summed E-state index contributed by atoms with van der Waals surface area (Å²) in [5.74, 6) is 0. The van der Waals surface area contributed by atoms with Gasteiger partial charge in [-0.1, -0.05) is 161 Å². The van der Waals surface area contributed by atoms with Crippen LogP contribution < -0.4 is 5.22 Å². The summed E-state index contributed by atoms with van der Waals surface area (Å²) in [5.41, 5.74) is 11.7. The zero-order chi connectivity index (χ0) is 34.0. The molecule has 1 heterocycles. The van der Waals surface area contributed by atoms with Gasteiger partial charge in [0.05, 0.1) is 0 Å². The molecule has 1 nitrogen and oxygen atoms in total. The fourth-order valence-corrected chi connectivity index (χ4v) is 8.48. The van der Waals surface area contributed by atoms with Crippen LogP contribution in [0.4, 0.5) is 0 Å². The van der Waals surface area contributed by atoms with Gasteiger partial charge in [0.2, 0.25) is 0 Å². The summed E-state index contributed by atoms with van der Waals surface area (Å²) < 4.78 is 0. The Morgan fingerprint density at radius 1 is 0.640 bits per heavy atom. The number of allylic oxidation sites excluding steroid dienone is 6. The van der Waals surface area contributed by atoms with Crippen molar-refractivity contribution in [2.45, 2.75) is 51.4 Å². The van der Waals surface area contributed by atoms with Crippen LogP contribution >= 0.6 is 0 Å². The van der Waals surface area contributed by atoms with Crippen LogP contribution in [0.25, 0.3) is 54.6 Å². The molecule has 9 rings (SSSR count). The summed E-state index contributed by atoms with van der Waals surface area (Å²) in [4.78, 5) is 4.36. The Bertz CT molecular complexity index is 2590. The Morgan fingerprint density at radius 3 is 2.18 bits per heavy atom. The number of rotatable bonds is 4. The number of pyridine rings is 1. The molecule has 2 aliphatic carbocycles. The fraction of sp³-hybridized carbons (Fsp3) is 0.163. The van der Waals surface area contributed by atoms with E-state index in [1.165, 1.54) is 82.1 Å². The van der Waals surface area contributed by atoms with Gasteiger partial charge >= 0.3 is 0 Å². The number of hydrogen-bond acceptors (Lipinski definition) is 1. The zero-order valence-electron chi connectivity index (χ0n) is 29.3. The van der Waals surface area contributed by atoms with Crippen molar-refractivity contribution >= 4 is 43.5 Å². The van der Waals surface area contributed by atoms with Gasteiger partial charge in [-0.2, -0.15) is 0 Å². The molecule has 0 saturated heterocycles. The van der Waals surface area contributed by atoms with E-state index in [1.807, 2.05) is 18.5 Å². The second-order valence-corrected chi connectivity index (χ2v) is 15.4. The Hall–Kier alpha value is -5.53. The quantitative estimate of drug-likeness (QED) is 0.186. The van der Waals surface area contributed by atoms with Crippen LogP contribution in [0.2, 0.25) is 0 Å². The first-order chi connectivity index (χ1) is 24.3. The molecular weight excluding hydrogens is 603 g/mol. The summed E-state index contributed by atoms with van der Waals surface area (Å²) in [6.07, 6.45) is 15.2. The van der Waals surface area contributed by atoms with Crippen molar-refractivity contribution < 1.29 is 0 Å². The largest absolute Gasteiger partial charge is 0.264 e. The summed E-state index contributed by atoms with van der Waals surface area (Å²) in [7, 11) is 0.